The number of likely N-dealkylation sites (tertiary alicyclic amines) is 2. The van der Waals surface area contributed by atoms with Gasteiger partial charge < -0.3 is 19.2 Å². The number of likely N-dealkylation sites (N-methyl/N-ethyl adjacent to an activating group) is 1. The summed E-state index contributed by atoms with van der Waals surface area (Å²) in [6, 6.07) is 1.28. The van der Waals surface area contributed by atoms with E-state index in [1.165, 1.54) is 4.90 Å². The quantitative estimate of drug-likeness (QED) is 0.583. The molecular weight excluding hydrogens is 342 g/mol. The zero-order valence-electron chi connectivity index (χ0n) is 18.3. The molecule has 0 unspecified atom stereocenters. The van der Waals surface area contributed by atoms with Crippen molar-refractivity contribution < 1.29 is 19.0 Å². The minimum absolute atomic E-state index is 0.153. The van der Waals surface area contributed by atoms with E-state index in [4.69, 9.17) is 0 Å². The van der Waals surface area contributed by atoms with Crippen molar-refractivity contribution in [1.82, 2.24) is 14.7 Å². The molecule has 0 bridgehead atoms. The molecule has 1 N–H and O–H groups in total. The van der Waals surface area contributed by atoms with E-state index in [0.29, 0.717) is 25.2 Å². The number of piperidine rings is 2. The van der Waals surface area contributed by atoms with Crippen LogP contribution >= 0.6 is 0 Å². The predicted molar refractivity (Wildman–Crippen MR) is 108 cm³/mol. The molecule has 27 heavy (non-hydrogen) atoms. The number of carbonyl (C=O) groups is 2. The summed E-state index contributed by atoms with van der Waals surface area (Å²) in [5, 5.41) is 0. The number of hydrogen-bond donors (Lipinski definition) is 1. The molecule has 0 radical (unpaired) electrons. The largest absolute Gasteiger partial charge is 0.341 e. The average Bonchev–Trinajstić information content (AvgIpc) is 2.61. The number of nitrogens with one attached hydrogen (secondary N) is 1. The van der Waals surface area contributed by atoms with Gasteiger partial charge in [0.2, 0.25) is 11.8 Å². The van der Waals surface area contributed by atoms with E-state index in [1.807, 2.05) is 21.7 Å². The monoisotopic (exact) mass is 383 g/mol. The first-order chi connectivity index (χ1) is 12.6. The van der Waals surface area contributed by atoms with Gasteiger partial charge in [-0.05, 0) is 7.05 Å². The second kappa shape index (κ2) is 9.34. The van der Waals surface area contributed by atoms with Crippen molar-refractivity contribution in [3.63, 3.8) is 0 Å². The highest BCUT2D eigenvalue weighted by Gasteiger charge is 2.31. The van der Waals surface area contributed by atoms with Crippen molar-refractivity contribution in [3.8, 4) is 0 Å². The Kier molecular flexibility index (Phi) is 7.65. The molecule has 2 heterocycles. The zero-order chi connectivity index (χ0) is 20.2. The van der Waals surface area contributed by atoms with Crippen LogP contribution in [0.1, 0.15) is 25.7 Å². The molecule has 0 atom stereocenters. The van der Waals surface area contributed by atoms with Gasteiger partial charge >= 0.3 is 0 Å². The molecule has 7 nitrogen and oxygen atoms in total. The molecule has 0 spiro atoms. The fraction of sp³-hybridized carbons (Fsp3) is 0.900. The lowest BCUT2D eigenvalue weighted by Gasteiger charge is -2.40. The Balaban J connectivity index is 1.72. The van der Waals surface area contributed by atoms with Crippen LogP contribution < -0.4 is 4.90 Å². The number of carbonyl (C=O) groups excluding carboxylic acids is 2. The van der Waals surface area contributed by atoms with Crippen molar-refractivity contribution >= 4 is 11.8 Å². The van der Waals surface area contributed by atoms with Gasteiger partial charge in [-0.1, -0.05) is 0 Å². The maximum absolute atomic E-state index is 12.6. The van der Waals surface area contributed by atoms with Gasteiger partial charge in [-0.15, -0.1) is 0 Å². The van der Waals surface area contributed by atoms with Crippen molar-refractivity contribution in [2.45, 2.75) is 37.8 Å². The van der Waals surface area contributed by atoms with E-state index in [2.05, 4.69) is 35.2 Å². The van der Waals surface area contributed by atoms with Gasteiger partial charge in [0.25, 0.3) is 0 Å². The molecule has 0 aromatic rings. The van der Waals surface area contributed by atoms with Gasteiger partial charge in [0.1, 0.15) is 0 Å². The number of amides is 2. The summed E-state index contributed by atoms with van der Waals surface area (Å²) in [6.45, 7) is 4.02. The standard InChI is InChI=1S/C20H40N5O2/c1-21(2)17-7-11-23(12-8-17)19(26)15-22(3)16-20(27)24-13-9-18(10-14-24)25(4,5)6/h17-18H,7-16H2,1-6H3/q+1/p+1. The molecule has 7 heteroatoms. The van der Waals surface area contributed by atoms with Gasteiger partial charge in [0, 0.05) is 51.9 Å². The summed E-state index contributed by atoms with van der Waals surface area (Å²) in [6.07, 6.45) is 4.25. The first-order valence-corrected chi connectivity index (χ1v) is 10.4. The molecule has 2 aliphatic heterocycles. The first kappa shape index (κ1) is 22.1. The SMILES string of the molecule is CN(CC(=O)N1CCC([NH+](C)C)CC1)CC(=O)N1CCC([N+](C)(C)C)CC1. The van der Waals surface area contributed by atoms with E-state index in [0.717, 1.165) is 56.3 Å². The zero-order valence-corrected chi connectivity index (χ0v) is 18.3. The second-order valence-electron chi connectivity index (χ2n) is 9.63. The second-order valence-corrected chi connectivity index (χ2v) is 9.63. The summed E-state index contributed by atoms with van der Waals surface area (Å²) in [7, 11) is 12.9. The van der Waals surface area contributed by atoms with Gasteiger partial charge in [-0.2, -0.15) is 0 Å². The molecule has 0 aromatic heterocycles. The molecule has 2 fully saturated rings. The molecule has 156 valence electrons. The Morgan fingerprint density at radius 1 is 0.889 bits per heavy atom. The molecule has 0 aromatic carbocycles. The molecule has 2 saturated heterocycles. The normalized spacial score (nSPS) is 20.6. The number of rotatable bonds is 6. The summed E-state index contributed by atoms with van der Waals surface area (Å²) >= 11 is 0. The van der Waals surface area contributed by atoms with Gasteiger partial charge in [0.05, 0.1) is 60.4 Å². The molecule has 2 aliphatic rings. The van der Waals surface area contributed by atoms with E-state index in [9.17, 15) is 9.59 Å². The molecule has 0 aliphatic carbocycles. The summed E-state index contributed by atoms with van der Waals surface area (Å²) in [5.74, 6) is 0.307. The number of hydrogen-bond acceptors (Lipinski definition) is 3. The first-order valence-electron chi connectivity index (χ1n) is 10.4. The van der Waals surface area contributed by atoms with Crippen LogP contribution in [0, 0.1) is 0 Å². The van der Waals surface area contributed by atoms with Crippen LogP contribution in [-0.4, -0.2) is 125 Å². The van der Waals surface area contributed by atoms with Gasteiger partial charge in [0.15, 0.2) is 0 Å². The molecule has 2 amide bonds. The highest BCUT2D eigenvalue weighted by atomic mass is 16.2. The lowest BCUT2D eigenvalue weighted by molar-refractivity contribution is -0.897. The van der Waals surface area contributed by atoms with Crippen molar-refractivity contribution in [2.75, 3.05) is 81.6 Å². The summed E-state index contributed by atoms with van der Waals surface area (Å²) < 4.78 is 0.961. The minimum Gasteiger partial charge on any atom is -0.341 e. The third-order valence-corrected chi connectivity index (χ3v) is 6.39. The number of nitrogens with zero attached hydrogens (tertiary/aromatic N) is 4. The Morgan fingerprint density at radius 2 is 1.30 bits per heavy atom. The van der Waals surface area contributed by atoms with E-state index < -0.39 is 0 Å². The van der Waals surface area contributed by atoms with Crippen LogP contribution in [0.2, 0.25) is 0 Å². The smallest absolute Gasteiger partial charge is 0.236 e. The maximum atomic E-state index is 12.6. The predicted octanol–water partition coefficient (Wildman–Crippen LogP) is -1.25. The third kappa shape index (κ3) is 6.43. The Morgan fingerprint density at radius 3 is 1.67 bits per heavy atom. The van der Waals surface area contributed by atoms with E-state index in [-0.39, 0.29) is 11.8 Å². The fourth-order valence-electron chi connectivity index (χ4n) is 4.31. The Bertz CT molecular complexity index is 501. The van der Waals surface area contributed by atoms with Crippen molar-refractivity contribution in [3.05, 3.63) is 0 Å². The van der Waals surface area contributed by atoms with E-state index >= 15 is 0 Å². The van der Waals surface area contributed by atoms with Crippen LogP contribution in [-0.2, 0) is 9.59 Å². The van der Waals surface area contributed by atoms with Crippen LogP contribution in [0.5, 0.6) is 0 Å². The van der Waals surface area contributed by atoms with Crippen molar-refractivity contribution in [1.29, 1.82) is 0 Å². The summed E-state index contributed by atoms with van der Waals surface area (Å²) in [4.78, 5) is 32.4. The van der Waals surface area contributed by atoms with Gasteiger partial charge in [-0.25, -0.2) is 0 Å². The molecule has 2 rings (SSSR count). The minimum atomic E-state index is 0.153. The van der Waals surface area contributed by atoms with Crippen LogP contribution in [0.15, 0.2) is 0 Å². The number of quaternary nitrogens is 2. The van der Waals surface area contributed by atoms with Crippen LogP contribution in [0.4, 0.5) is 0 Å². The van der Waals surface area contributed by atoms with E-state index in [1.54, 1.807) is 0 Å². The van der Waals surface area contributed by atoms with Crippen molar-refractivity contribution in [2.24, 2.45) is 0 Å². The van der Waals surface area contributed by atoms with Crippen LogP contribution in [0.3, 0.4) is 0 Å². The summed E-state index contributed by atoms with van der Waals surface area (Å²) in [5.41, 5.74) is 0. The topological polar surface area (TPSA) is 48.3 Å². The van der Waals surface area contributed by atoms with Gasteiger partial charge in [-0.3, -0.25) is 14.5 Å². The molecular formula is C20H41N5O2+2. The Labute approximate surface area is 165 Å². The highest BCUT2D eigenvalue weighted by molar-refractivity contribution is 5.81. The third-order valence-electron chi connectivity index (χ3n) is 6.39. The average molecular weight is 384 g/mol. The lowest BCUT2D eigenvalue weighted by Crippen LogP contribution is -3.10. The lowest BCUT2D eigenvalue weighted by atomic mass is 10.0. The van der Waals surface area contributed by atoms with Crippen LogP contribution in [0.25, 0.3) is 0 Å². The highest BCUT2D eigenvalue weighted by Crippen LogP contribution is 2.18. The Hall–Kier alpha value is -1.18. The molecule has 0 saturated carbocycles. The maximum Gasteiger partial charge on any atom is 0.236 e. The fourth-order valence-corrected chi connectivity index (χ4v) is 4.31.